The van der Waals surface area contributed by atoms with Crippen molar-refractivity contribution in [2.75, 3.05) is 18.4 Å². The van der Waals surface area contributed by atoms with Crippen molar-refractivity contribution in [2.24, 2.45) is 0 Å². The molecule has 1 aromatic carbocycles. The van der Waals surface area contributed by atoms with Gasteiger partial charge < -0.3 is 16.0 Å². The molecular weight excluding hydrogens is 298 g/mol. The second-order valence-corrected chi connectivity index (χ2v) is 6.91. The molecule has 2 amide bonds. The quantitative estimate of drug-likeness (QED) is 0.726. The van der Waals surface area contributed by atoms with Gasteiger partial charge >= 0.3 is 0 Å². The van der Waals surface area contributed by atoms with Crippen molar-refractivity contribution in [1.29, 1.82) is 0 Å². The lowest BCUT2D eigenvalue weighted by Gasteiger charge is -2.25. The van der Waals surface area contributed by atoms with Crippen LogP contribution in [0.5, 0.6) is 0 Å². The molecule has 1 fully saturated rings. The number of hydrogen-bond donors (Lipinski definition) is 3. The van der Waals surface area contributed by atoms with Crippen LogP contribution in [-0.2, 0) is 9.59 Å². The van der Waals surface area contributed by atoms with Crippen LogP contribution < -0.4 is 16.0 Å². The first-order valence-electron chi connectivity index (χ1n) is 7.60. The minimum atomic E-state index is -0.137. The Balaban J connectivity index is 1.83. The number of nitrogens with one attached hydrogen (secondary N) is 3. The molecule has 0 saturated carbocycles. The maximum Gasteiger partial charge on any atom is 0.233 e. The molecule has 3 N–H and O–H groups in total. The van der Waals surface area contributed by atoms with Gasteiger partial charge in [0.2, 0.25) is 11.8 Å². The maximum atomic E-state index is 12.2. The van der Waals surface area contributed by atoms with E-state index in [4.69, 9.17) is 0 Å². The summed E-state index contributed by atoms with van der Waals surface area (Å²) in [7, 11) is 0. The van der Waals surface area contributed by atoms with E-state index in [0.29, 0.717) is 6.04 Å². The highest BCUT2D eigenvalue weighted by Gasteiger charge is 2.20. The first-order chi connectivity index (χ1) is 10.5. The number of rotatable bonds is 5. The lowest BCUT2D eigenvalue weighted by atomic mass is 10.1. The van der Waals surface area contributed by atoms with Crippen molar-refractivity contribution in [3.05, 3.63) is 24.3 Å². The number of piperidine rings is 1. The van der Waals surface area contributed by atoms with Gasteiger partial charge in [0.1, 0.15) is 0 Å². The molecule has 5 nitrogen and oxygen atoms in total. The third-order valence-electron chi connectivity index (χ3n) is 3.54. The molecular formula is C16H23N3O2S. The van der Waals surface area contributed by atoms with E-state index < -0.39 is 0 Å². The molecule has 1 atom stereocenters. The highest BCUT2D eigenvalue weighted by atomic mass is 32.2. The molecule has 1 aliphatic heterocycles. The van der Waals surface area contributed by atoms with Crippen molar-refractivity contribution >= 4 is 29.3 Å². The van der Waals surface area contributed by atoms with Gasteiger partial charge in [0.05, 0.1) is 5.25 Å². The molecule has 0 aromatic heterocycles. The molecule has 0 bridgehead atoms. The number of amides is 2. The Bertz CT molecular complexity index is 513. The molecule has 1 aromatic rings. The summed E-state index contributed by atoms with van der Waals surface area (Å²) in [5.41, 5.74) is 0.767. The zero-order valence-corrected chi connectivity index (χ0v) is 13.8. The highest BCUT2D eigenvalue weighted by molar-refractivity contribution is 8.00. The van der Waals surface area contributed by atoms with Crippen LogP contribution in [0.25, 0.3) is 0 Å². The molecule has 0 radical (unpaired) electrons. The van der Waals surface area contributed by atoms with Crippen LogP contribution in [0.15, 0.2) is 29.2 Å². The fourth-order valence-electron chi connectivity index (χ4n) is 2.36. The monoisotopic (exact) mass is 321 g/mol. The molecule has 1 aliphatic rings. The van der Waals surface area contributed by atoms with Gasteiger partial charge in [-0.3, -0.25) is 9.59 Å². The topological polar surface area (TPSA) is 70.2 Å². The van der Waals surface area contributed by atoms with Crippen LogP contribution in [0.4, 0.5) is 5.69 Å². The zero-order chi connectivity index (χ0) is 15.9. The third-order valence-corrected chi connectivity index (χ3v) is 4.65. The van der Waals surface area contributed by atoms with Crippen molar-refractivity contribution < 1.29 is 9.59 Å². The zero-order valence-electron chi connectivity index (χ0n) is 13.0. The first-order valence-corrected chi connectivity index (χ1v) is 8.48. The van der Waals surface area contributed by atoms with E-state index in [1.54, 1.807) is 0 Å². The van der Waals surface area contributed by atoms with Gasteiger partial charge in [0, 0.05) is 23.5 Å². The second-order valence-electron chi connectivity index (χ2n) is 5.50. The summed E-state index contributed by atoms with van der Waals surface area (Å²) in [5, 5.41) is 9.00. The van der Waals surface area contributed by atoms with E-state index in [2.05, 4.69) is 16.0 Å². The Kier molecular flexibility index (Phi) is 6.27. The smallest absolute Gasteiger partial charge is 0.233 e. The molecule has 1 unspecified atom stereocenters. The number of benzene rings is 1. The van der Waals surface area contributed by atoms with E-state index in [1.165, 1.54) is 18.7 Å². The first kappa shape index (κ1) is 16.8. The predicted molar refractivity (Wildman–Crippen MR) is 90.1 cm³/mol. The standard InChI is InChI=1S/C16H23N3O2S/c1-11(16(21)19-14-7-9-17-10-8-14)22-15-5-3-13(4-6-15)18-12(2)20/h3-6,11,14,17H,7-10H2,1-2H3,(H,18,20)(H,19,21). The maximum absolute atomic E-state index is 12.2. The summed E-state index contributed by atoms with van der Waals surface area (Å²) in [5.74, 6) is -0.00189. The SMILES string of the molecule is CC(=O)Nc1ccc(SC(C)C(=O)NC2CCNCC2)cc1. The van der Waals surface area contributed by atoms with Gasteiger partial charge in [-0.05, 0) is 57.1 Å². The molecule has 120 valence electrons. The van der Waals surface area contributed by atoms with Crippen molar-refractivity contribution in [3.63, 3.8) is 0 Å². The van der Waals surface area contributed by atoms with E-state index in [-0.39, 0.29) is 17.1 Å². The number of carbonyl (C=O) groups is 2. The highest BCUT2D eigenvalue weighted by Crippen LogP contribution is 2.25. The van der Waals surface area contributed by atoms with Gasteiger partial charge in [-0.25, -0.2) is 0 Å². The molecule has 1 heterocycles. The van der Waals surface area contributed by atoms with Gasteiger partial charge in [0.25, 0.3) is 0 Å². The second kappa shape index (κ2) is 8.19. The van der Waals surface area contributed by atoms with Crippen LogP contribution in [0, 0.1) is 0 Å². The van der Waals surface area contributed by atoms with Crippen molar-refractivity contribution in [2.45, 2.75) is 42.9 Å². The number of anilines is 1. The van der Waals surface area contributed by atoms with E-state index in [9.17, 15) is 9.59 Å². The van der Waals surface area contributed by atoms with Gasteiger partial charge in [-0.2, -0.15) is 0 Å². The van der Waals surface area contributed by atoms with Crippen LogP contribution in [0.3, 0.4) is 0 Å². The van der Waals surface area contributed by atoms with Gasteiger partial charge in [0.15, 0.2) is 0 Å². The summed E-state index contributed by atoms with van der Waals surface area (Å²) < 4.78 is 0. The van der Waals surface area contributed by atoms with Gasteiger partial charge in [-0.15, -0.1) is 11.8 Å². The molecule has 0 aliphatic carbocycles. The minimum Gasteiger partial charge on any atom is -0.352 e. The van der Waals surface area contributed by atoms with Crippen LogP contribution in [-0.4, -0.2) is 36.2 Å². The predicted octanol–water partition coefficient (Wildman–Crippen LogP) is 1.99. The molecule has 1 saturated heterocycles. The Hall–Kier alpha value is -1.53. The molecule has 0 spiro atoms. The fourth-order valence-corrected chi connectivity index (χ4v) is 3.24. The Morgan fingerprint density at radius 2 is 1.86 bits per heavy atom. The van der Waals surface area contributed by atoms with Crippen LogP contribution >= 0.6 is 11.8 Å². The van der Waals surface area contributed by atoms with E-state index >= 15 is 0 Å². The van der Waals surface area contributed by atoms with Crippen molar-refractivity contribution in [3.8, 4) is 0 Å². The summed E-state index contributed by atoms with van der Waals surface area (Å²) in [6, 6.07) is 7.83. The normalized spacial score (nSPS) is 16.8. The number of carbonyl (C=O) groups excluding carboxylic acids is 2. The largest absolute Gasteiger partial charge is 0.352 e. The van der Waals surface area contributed by atoms with Gasteiger partial charge in [-0.1, -0.05) is 0 Å². The fraction of sp³-hybridized carbons (Fsp3) is 0.500. The van der Waals surface area contributed by atoms with Crippen molar-refractivity contribution in [1.82, 2.24) is 10.6 Å². The average molecular weight is 321 g/mol. The third kappa shape index (κ3) is 5.35. The van der Waals surface area contributed by atoms with Crippen LogP contribution in [0.2, 0.25) is 0 Å². The molecule has 22 heavy (non-hydrogen) atoms. The van der Waals surface area contributed by atoms with E-state index in [1.807, 2.05) is 31.2 Å². The Morgan fingerprint density at radius 3 is 2.45 bits per heavy atom. The van der Waals surface area contributed by atoms with Crippen LogP contribution in [0.1, 0.15) is 26.7 Å². The summed E-state index contributed by atoms with van der Waals surface area (Å²) in [6.07, 6.45) is 1.99. The molecule has 2 rings (SSSR count). The molecule has 6 heteroatoms. The van der Waals surface area contributed by atoms with E-state index in [0.717, 1.165) is 36.5 Å². The number of hydrogen-bond acceptors (Lipinski definition) is 4. The lowest BCUT2D eigenvalue weighted by molar-refractivity contribution is -0.121. The summed E-state index contributed by atoms with van der Waals surface area (Å²) >= 11 is 1.53. The Labute approximate surface area is 135 Å². The summed E-state index contributed by atoms with van der Waals surface area (Å²) in [4.78, 5) is 24.2. The average Bonchev–Trinajstić information content (AvgIpc) is 2.49. The number of thioether (sulfide) groups is 1. The minimum absolute atomic E-state index is 0.0860. The summed E-state index contributed by atoms with van der Waals surface area (Å²) in [6.45, 7) is 5.34. The lowest BCUT2D eigenvalue weighted by Crippen LogP contribution is -2.45. The Morgan fingerprint density at radius 1 is 1.23 bits per heavy atom.